The average Bonchev–Trinajstić information content (AvgIpc) is 3.31. The third-order valence-electron chi connectivity index (χ3n) is 3.62. The molecule has 122 valence electrons. The largest absolute Gasteiger partial charge is 0.491 e. The van der Waals surface area contributed by atoms with Crippen molar-refractivity contribution in [3.63, 3.8) is 0 Å². The highest BCUT2D eigenvalue weighted by atomic mass is 19.1. The molecule has 1 aliphatic rings. The third-order valence-corrected chi connectivity index (χ3v) is 3.62. The summed E-state index contributed by atoms with van der Waals surface area (Å²) in [6, 6.07) is 3.65. The van der Waals surface area contributed by atoms with E-state index in [2.05, 4.69) is 5.32 Å². The van der Waals surface area contributed by atoms with Gasteiger partial charge in [0.1, 0.15) is 11.6 Å². The number of ether oxygens (including phenoxy) is 1. The lowest BCUT2D eigenvalue weighted by molar-refractivity contribution is 0.117. The van der Waals surface area contributed by atoms with E-state index in [-0.39, 0.29) is 12.6 Å². The normalized spacial score (nSPS) is 15.3. The molecule has 1 aliphatic carbocycles. The zero-order valence-corrected chi connectivity index (χ0v) is 13.0. The molecule has 1 aromatic carbocycles. The monoisotopic (exact) mass is 310 g/mol. The van der Waals surface area contributed by atoms with Crippen LogP contribution in [-0.4, -0.2) is 42.3 Å². The van der Waals surface area contributed by atoms with E-state index < -0.39 is 11.9 Å². The van der Waals surface area contributed by atoms with Gasteiger partial charge in [0, 0.05) is 19.7 Å². The Balaban J connectivity index is 1.97. The van der Waals surface area contributed by atoms with E-state index in [1.165, 1.54) is 23.1 Å². The topological polar surface area (TPSA) is 61.8 Å². The molecule has 0 aliphatic heterocycles. The fourth-order valence-corrected chi connectivity index (χ4v) is 2.14. The van der Waals surface area contributed by atoms with E-state index in [1.54, 1.807) is 7.05 Å². The van der Waals surface area contributed by atoms with Crippen molar-refractivity contribution in [2.75, 3.05) is 25.5 Å². The van der Waals surface area contributed by atoms with Crippen LogP contribution in [-0.2, 0) is 0 Å². The Hall–Kier alpha value is -1.82. The van der Waals surface area contributed by atoms with E-state index in [9.17, 15) is 14.3 Å². The summed E-state index contributed by atoms with van der Waals surface area (Å²) in [5, 5.41) is 12.6. The van der Waals surface area contributed by atoms with E-state index in [0.29, 0.717) is 24.0 Å². The molecule has 2 rings (SSSR count). The second kappa shape index (κ2) is 7.45. The molecule has 2 amide bonds. The molecule has 1 aromatic rings. The average molecular weight is 310 g/mol. The lowest BCUT2D eigenvalue weighted by atomic mass is 10.2. The number of anilines is 1. The molecular weight excluding hydrogens is 287 g/mol. The fourth-order valence-electron chi connectivity index (χ4n) is 2.14. The number of hydrogen-bond acceptors (Lipinski definition) is 3. The Labute approximate surface area is 130 Å². The highest BCUT2D eigenvalue weighted by Crippen LogP contribution is 2.33. The van der Waals surface area contributed by atoms with Crippen LogP contribution in [0.3, 0.4) is 0 Å². The van der Waals surface area contributed by atoms with Crippen LogP contribution in [0.5, 0.6) is 5.75 Å². The maximum atomic E-state index is 13.3. The number of rotatable bonds is 7. The van der Waals surface area contributed by atoms with Crippen molar-refractivity contribution in [3.05, 3.63) is 24.0 Å². The van der Waals surface area contributed by atoms with Crippen molar-refractivity contribution in [3.8, 4) is 5.75 Å². The number of benzene rings is 1. The Morgan fingerprint density at radius 1 is 1.55 bits per heavy atom. The summed E-state index contributed by atoms with van der Waals surface area (Å²) in [7, 11) is 1.62. The van der Waals surface area contributed by atoms with Gasteiger partial charge in [-0.15, -0.1) is 0 Å². The van der Waals surface area contributed by atoms with Crippen LogP contribution >= 0.6 is 0 Å². The molecule has 1 fully saturated rings. The first-order valence-electron chi connectivity index (χ1n) is 7.63. The summed E-state index contributed by atoms with van der Waals surface area (Å²) >= 11 is 0. The minimum absolute atomic E-state index is 0.281. The summed E-state index contributed by atoms with van der Waals surface area (Å²) in [6.45, 7) is 2.68. The number of aliphatic hydroxyl groups excluding tert-OH is 1. The molecule has 1 atom stereocenters. The van der Waals surface area contributed by atoms with E-state index >= 15 is 0 Å². The number of carbonyl (C=O) groups excluding carboxylic acids is 1. The standard InChI is InChI=1S/C16H23FN2O3/c1-3-8-22-15-9-12(17)6-7-13(15)18-16(21)19(2)10-14(20)11-4-5-11/h6-7,9,11,14,20H,3-5,8,10H2,1-2H3,(H,18,21). The maximum Gasteiger partial charge on any atom is 0.321 e. The number of hydrogen-bond donors (Lipinski definition) is 2. The van der Waals surface area contributed by atoms with Crippen molar-refractivity contribution in [2.45, 2.75) is 32.3 Å². The van der Waals surface area contributed by atoms with Crippen LogP contribution in [0.1, 0.15) is 26.2 Å². The quantitative estimate of drug-likeness (QED) is 0.814. The fraction of sp³-hybridized carbons (Fsp3) is 0.562. The SMILES string of the molecule is CCCOc1cc(F)ccc1NC(=O)N(C)CC(O)C1CC1. The van der Waals surface area contributed by atoms with Crippen molar-refractivity contribution in [1.82, 2.24) is 4.90 Å². The van der Waals surface area contributed by atoms with Gasteiger partial charge in [-0.25, -0.2) is 9.18 Å². The number of likely N-dealkylation sites (N-methyl/N-ethyl adjacent to an activating group) is 1. The van der Waals surface area contributed by atoms with Crippen LogP contribution < -0.4 is 10.1 Å². The maximum absolute atomic E-state index is 13.3. The van der Waals surface area contributed by atoms with Gasteiger partial charge in [-0.3, -0.25) is 0 Å². The molecular formula is C16H23FN2O3. The minimum atomic E-state index is -0.486. The number of halogens is 1. The number of nitrogens with zero attached hydrogens (tertiary/aromatic N) is 1. The van der Waals surface area contributed by atoms with Crippen LogP contribution in [0.2, 0.25) is 0 Å². The summed E-state index contributed by atoms with van der Waals surface area (Å²) in [5.41, 5.74) is 0.424. The second-order valence-corrected chi connectivity index (χ2v) is 5.70. The van der Waals surface area contributed by atoms with Crippen molar-refractivity contribution >= 4 is 11.7 Å². The van der Waals surface area contributed by atoms with Crippen LogP contribution in [0, 0.1) is 11.7 Å². The summed E-state index contributed by atoms with van der Waals surface area (Å²) in [6.07, 6.45) is 2.34. The first kappa shape index (κ1) is 16.5. The molecule has 0 saturated heterocycles. The van der Waals surface area contributed by atoms with Gasteiger partial charge < -0.3 is 20.1 Å². The van der Waals surface area contributed by atoms with Gasteiger partial charge in [0.2, 0.25) is 0 Å². The predicted molar refractivity (Wildman–Crippen MR) is 82.6 cm³/mol. The van der Waals surface area contributed by atoms with E-state index in [0.717, 1.165) is 19.3 Å². The van der Waals surface area contributed by atoms with Gasteiger partial charge in [0.25, 0.3) is 0 Å². The molecule has 0 radical (unpaired) electrons. The van der Waals surface area contributed by atoms with Gasteiger partial charge in [-0.2, -0.15) is 0 Å². The molecule has 5 nitrogen and oxygen atoms in total. The predicted octanol–water partition coefficient (Wildman–Crippen LogP) is 2.85. The van der Waals surface area contributed by atoms with Gasteiger partial charge in [0.15, 0.2) is 0 Å². The Morgan fingerprint density at radius 2 is 2.27 bits per heavy atom. The van der Waals surface area contributed by atoms with Crippen LogP contribution in [0.4, 0.5) is 14.9 Å². The molecule has 0 bridgehead atoms. The first-order valence-corrected chi connectivity index (χ1v) is 7.63. The first-order chi connectivity index (χ1) is 10.5. The molecule has 0 aromatic heterocycles. The van der Waals surface area contributed by atoms with Crippen molar-refractivity contribution in [1.29, 1.82) is 0 Å². The third kappa shape index (κ3) is 4.59. The zero-order chi connectivity index (χ0) is 16.1. The molecule has 22 heavy (non-hydrogen) atoms. The van der Waals surface area contributed by atoms with Gasteiger partial charge in [0.05, 0.1) is 18.4 Å². The molecule has 1 unspecified atom stereocenters. The Kier molecular flexibility index (Phi) is 5.60. The molecule has 0 spiro atoms. The van der Waals surface area contributed by atoms with Crippen LogP contribution in [0.25, 0.3) is 0 Å². The lowest BCUT2D eigenvalue weighted by Crippen LogP contribution is -2.38. The number of amides is 2. The minimum Gasteiger partial charge on any atom is -0.491 e. The molecule has 1 saturated carbocycles. The van der Waals surface area contributed by atoms with Crippen molar-refractivity contribution in [2.24, 2.45) is 5.92 Å². The van der Waals surface area contributed by atoms with E-state index in [1.807, 2.05) is 6.92 Å². The smallest absolute Gasteiger partial charge is 0.321 e. The Bertz CT molecular complexity index is 520. The molecule has 6 heteroatoms. The number of carbonyl (C=O) groups is 1. The summed E-state index contributed by atoms with van der Waals surface area (Å²) in [4.78, 5) is 13.6. The molecule has 0 heterocycles. The van der Waals surface area contributed by atoms with Crippen molar-refractivity contribution < 1.29 is 19.0 Å². The van der Waals surface area contributed by atoms with Gasteiger partial charge in [-0.1, -0.05) is 6.92 Å². The number of nitrogens with one attached hydrogen (secondary N) is 1. The van der Waals surface area contributed by atoms with Gasteiger partial charge >= 0.3 is 6.03 Å². The van der Waals surface area contributed by atoms with Crippen LogP contribution in [0.15, 0.2) is 18.2 Å². The number of urea groups is 1. The highest BCUT2D eigenvalue weighted by molar-refractivity contribution is 5.90. The van der Waals surface area contributed by atoms with E-state index in [4.69, 9.17) is 4.74 Å². The molecule has 2 N–H and O–H groups in total. The van der Waals surface area contributed by atoms with Gasteiger partial charge in [-0.05, 0) is 37.3 Å². The Morgan fingerprint density at radius 3 is 2.91 bits per heavy atom. The summed E-state index contributed by atoms with van der Waals surface area (Å²) in [5.74, 6) is 0.206. The lowest BCUT2D eigenvalue weighted by Gasteiger charge is -2.22. The second-order valence-electron chi connectivity index (χ2n) is 5.70. The highest BCUT2D eigenvalue weighted by Gasteiger charge is 2.31. The summed E-state index contributed by atoms with van der Waals surface area (Å²) < 4.78 is 18.8. The zero-order valence-electron chi connectivity index (χ0n) is 13.0. The number of aliphatic hydroxyl groups is 1.